The lowest BCUT2D eigenvalue weighted by Gasteiger charge is -2.07. The minimum Gasteiger partial charge on any atom is -0.465 e. The average molecular weight is 290 g/mol. The molecule has 0 saturated carbocycles. The minimum atomic E-state index is -3.64. The molecule has 0 bridgehead atoms. The smallest absolute Gasteiger partial charge is 0.404 e. The van der Waals surface area contributed by atoms with Gasteiger partial charge in [-0.3, -0.25) is 0 Å². The Labute approximate surface area is 110 Å². The Morgan fingerprint density at radius 3 is 2.39 bits per heavy atom. The van der Waals surface area contributed by atoms with E-state index in [0.717, 1.165) is 0 Å². The number of hydrogen-bond donors (Lipinski definition) is 2. The Morgan fingerprint density at radius 1 is 1.33 bits per heavy atom. The van der Waals surface area contributed by atoms with Crippen molar-refractivity contribution in [3.8, 4) is 0 Å². The van der Waals surface area contributed by atoms with Crippen LogP contribution >= 0.6 is 11.6 Å². The second-order valence-corrected chi connectivity index (χ2v) is 5.97. The maximum atomic E-state index is 12.0. The van der Waals surface area contributed by atoms with Crippen LogP contribution in [0, 0.1) is 0 Å². The van der Waals surface area contributed by atoms with E-state index in [2.05, 4.69) is 11.9 Å². The standard InChI is InChI=1S/C11H12ClNO4S/c1-8(6-7-13-11(14)15)18(16,17)10-4-2-9(12)3-5-10/h2-5,13H,1,6-7H2,(H,14,15). The number of carboxylic acid groups (broad SMARTS) is 1. The maximum Gasteiger partial charge on any atom is 0.404 e. The number of hydrogen-bond acceptors (Lipinski definition) is 3. The molecule has 0 aromatic heterocycles. The number of carbonyl (C=O) groups is 1. The molecule has 1 amide bonds. The molecular formula is C11H12ClNO4S. The highest BCUT2D eigenvalue weighted by atomic mass is 35.5. The molecule has 0 fully saturated rings. The monoisotopic (exact) mass is 289 g/mol. The fraction of sp³-hybridized carbons (Fsp3) is 0.182. The first-order valence-corrected chi connectivity index (χ1v) is 6.85. The summed E-state index contributed by atoms with van der Waals surface area (Å²) in [6, 6.07) is 5.70. The fourth-order valence-electron chi connectivity index (χ4n) is 1.22. The number of amides is 1. The van der Waals surface area contributed by atoms with Crippen molar-refractivity contribution in [2.45, 2.75) is 11.3 Å². The van der Waals surface area contributed by atoms with Gasteiger partial charge < -0.3 is 10.4 Å². The lowest BCUT2D eigenvalue weighted by atomic mass is 10.4. The summed E-state index contributed by atoms with van der Waals surface area (Å²) in [5.74, 6) is 0. The van der Waals surface area contributed by atoms with Crippen LogP contribution in [0.5, 0.6) is 0 Å². The summed E-state index contributed by atoms with van der Waals surface area (Å²) in [6.07, 6.45) is -1.18. The molecule has 2 N–H and O–H groups in total. The van der Waals surface area contributed by atoms with Gasteiger partial charge in [0.1, 0.15) is 0 Å². The Kier molecular flexibility index (Phi) is 4.75. The van der Waals surface area contributed by atoms with E-state index >= 15 is 0 Å². The van der Waals surface area contributed by atoms with Crippen molar-refractivity contribution in [2.24, 2.45) is 0 Å². The molecule has 7 heteroatoms. The predicted molar refractivity (Wildman–Crippen MR) is 68.4 cm³/mol. The van der Waals surface area contributed by atoms with Crippen molar-refractivity contribution >= 4 is 27.5 Å². The highest BCUT2D eigenvalue weighted by Gasteiger charge is 2.18. The molecule has 0 aliphatic carbocycles. The number of sulfone groups is 1. The Balaban J connectivity index is 2.77. The van der Waals surface area contributed by atoms with Gasteiger partial charge in [-0.25, -0.2) is 13.2 Å². The fourth-order valence-corrected chi connectivity index (χ4v) is 2.55. The second-order valence-electron chi connectivity index (χ2n) is 3.48. The third-order valence-electron chi connectivity index (χ3n) is 2.18. The van der Waals surface area contributed by atoms with Crippen molar-refractivity contribution < 1.29 is 18.3 Å². The van der Waals surface area contributed by atoms with Crippen molar-refractivity contribution in [3.05, 3.63) is 40.8 Å². The van der Waals surface area contributed by atoms with Crippen LogP contribution in [0.15, 0.2) is 40.6 Å². The molecule has 0 atom stereocenters. The first kappa shape index (κ1) is 14.5. The number of benzene rings is 1. The lowest BCUT2D eigenvalue weighted by Crippen LogP contribution is -2.23. The molecule has 18 heavy (non-hydrogen) atoms. The molecule has 0 radical (unpaired) electrons. The zero-order chi connectivity index (χ0) is 13.8. The van der Waals surface area contributed by atoms with E-state index in [-0.39, 0.29) is 22.8 Å². The van der Waals surface area contributed by atoms with Gasteiger partial charge in [-0.15, -0.1) is 0 Å². The Morgan fingerprint density at radius 2 is 1.89 bits per heavy atom. The summed E-state index contributed by atoms with van der Waals surface area (Å²) < 4.78 is 24.0. The third kappa shape index (κ3) is 3.75. The van der Waals surface area contributed by atoms with Gasteiger partial charge in [0.25, 0.3) is 0 Å². The molecule has 0 saturated heterocycles. The zero-order valence-corrected chi connectivity index (χ0v) is 11.0. The number of halogens is 1. The van der Waals surface area contributed by atoms with Crippen molar-refractivity contribution in [3.63, 3.8) is 0 Å². The summed E-state index contributed by atoms with van der Waals surface area (Å²) in [5, 5.41) is 10.9. The normalized spacial score (nSPS) is 10.9. The van der Waals surface area contributed by atoms with E-state index in [9.17, 15) is 13.2 Å². The lowest BCUT2D eigenvalue weighted by molar-refractivity contribution is 0.194. The zero-order valence-electron chi connectivity index (χ0n) is 9.39. The Bertz CT molecular complexity index is 551. The molecule has 0 unspecified atom stereocenters. The van der Waals surface area contributed by atoms with E-state index in [4.69, 9.17) is 16.7 Å². The van der Waals surface area contributed by atoms with Crippen LogP contribution in [0.1, 0.15) is 6.42 Å². The van der Waals surface area contributed by atoms with E-state index in [1.54, 1.807) is 0 Å². The van der Waals surface area contributed by atoms with Crippen molar-refractivity contribution in [2.75, 3.05) is 6.54 Å². The van der Waals surface area contributed by atoms with Crippen LogP contribution in [0.25, 0.3) is 0 Å². The van der Waals surface area contributed by atoms with Gasteiger partial charge in [-0.2, -0.15) is 0 Å². The number of rotatable bonds is 5. The third-order valence-corrected chi connectivity index (χ3v) is 4.29. The highest BCUT2D eigenvalue weighted by molar-refractivity contribution is 7.95. The molecule has 5 nitrogen and oxygen atoms in total. The molecule has 0 heterocycles. The van der Waals surface area contributed by atoms with Gasteiger partial charge >= 0.3 is 6.09 Å². The van der Waals surface area contributed by atoms with Crippen molar-refractivity contribution in [1.82, 2.24) is 5.32 Å². The quantitative estimate of drug-likeness (QED) is 0.871. The first-order chi connectivity index (χ1) is 8.34. The average Bonchev–Trinajstić information content (AvgIpc) is 2.28. The van der Waals surface area contributed by atoms with Crippen LogP contribution in [-0.2, 0) is 9.84 Å². The summed E-state index contributed by atoms with van der Waals surface area (Å²) in [6.45, 7) is 3.47. The van der Waals surface area contributed by atoms with Gasteiger partial charge in [-0.05, 0) is 24.3 Å². The van der Waals surface area contributed by atoms with E-state index < -0.39 is 15.9 Å². The van der Waals surface area contributed by atoms with Gasteiger partial charge in [0.15, 0.2) is 0 Å². The van der Waals surface area contributed by atoms with Gasteiger partial charge in [0.05, 0.1) is 4.90 Å². The summed E-state index contributed by atoms with van der Waals surface area (Å²) >= 11 is 5.67. The molecule has 1 aromatic rings. The topological polar surface area (TPSA) is 83.5 Å². The van der Waals surface area contributed by atoms with Crippen molar-refractivity contribution in [1.29, 1.82) is 0 Å². The van der Waals surface area contributed by atoms with Crippen LogP contribution in [-0.4, -0.2) is 26.2 Å². The SMILES string of the molecule is C=C(CCNC(=O)O)S(=O)(=O)c1ccc(Cl)cc1. The van der Waals surface area contributed by atoms with Crippen LogP contribution in [0.2, 0.25) is 5.02 Å². The molecular weight excluding hydrogens is 278 g/mol. The molecule has 1 rings (SSSR count). The van der Waals surface area contributed by atoms with E-state index in [1.807, 2.05) is 0 Å². The molecule has 0 aliphatic rings. The summed E-state index contributed by atoms with van der Waals surface area (Å²) in [7, 11) is -3.64. The van der Waals surface area contributed by atoms with Crippen LogP contribution < -0.4 is 5.32 Å². The molecule has 98 valence electrons. The number of nitrogens with one attached hydrogen (secondary N) is 1. The molecule has 0 aliphatic heterocycles. The second kappa shape index (κ2) is 5.88. The first-order valence-electron chi connectivity index (χ1n) is 4.99. The minimum absolute atomic E-state index is 0.000979. The Hall–Kier alpha value is -1.53. The van der Waals surface area contributed by atoms with Crippen LogP contribution in [0.4, 0.5) is 4.79 Å². The van der Waals surface area contributed by atoms with Crippen LogP contribution in [0.3, 0.4) is 0 Å². The van der Waals surface area contributed by atoms with Gasteiger partial charge in [0.2, 0.25) is 9.84 Å². The molecule has 1 aromatic carbocycles. The summed E-state index contributed by atoms with van der Waals surface area (Å²) in [4.78, 5) is 10.3. The molecule has 0 spiro atoms. The van der Waals surface area contributed by atoms with E-state index in [0.29, 0.717) is 5.02 Å². The van der Waals surface area contributed by atoms with Gasteiger partial charge in [0, 0.05) is 22.9 Å². The largest absolute Gasteiger partial charge is 0.465 e. The highest BCUT2D eigenvalue weighted by Crippen LogP contribution is 2.21. The summed E-state index contributed by atoms with van der Waals surface area (Å²) in [5.41, 5.74) is 0. The predicted octanol–water partition coefficient (Wildman–Crippen LogP) is 2.29. The maximum absolute atomic E-state index is 12.0. The van der Waals surface area contributed by atoms with E-state index in [1.165, 1.54) is 24.3 Å². The van der Waals surface area contributed by atoms with Gasteiger partial charge in [-0.1, -0.05) is 18.2 Å².